The summed E-state index contributed by atoms with van der Waals surface area (Å²) in [4.78, 5) is 4.60. The van der Waals surface area contributed by atoms with E-state index in [0.717, 1.165) is 12.8 Å². The molecule has 1 aromatic heterocycles. The van der Waals surface area contributed by atoms with E-state index in [2.05, 4.69) is 11.1 Å². The van der Waals surface area contributed by atoms with Gasteiger partial charge in [0.05, 0.1) is 13.2 Å². The molecule has 1 aliphatic rings. The van der Waals surface area contributed by atoms with Crippen LogP contribution in [0.1, 0.15) is 50.8 Å². The van der Waals surface area contributed by atoms with E-state index in [1.165, 1.54) is 30.6 Å². The molecule has 0 aromatic carbocycles. The highest BCUT2D eigenvalue weighted by molar-refractivity contribution is 8.07. The molecule has 0 amide bonds. The Hall–Kier alpha value is -0.710. The molecule has 0 spiro atoms. The van der Waals surface area contributed by atoms with Crippen molar-refractivity contribution in [3.05, 3.63) is 4.88 Å². The molecule has 0 N–H and O–H groups in total. The molecule has 0 bridgehead atoms. The average Bonchev–Trinajstić information content (AvgIpc) is 2.89. The number of ether oxygens (including phenoxy) is 1. The predicted molar refractivity (Wildman–Crippen MR) is 92.5 cm³/mol. The molecule has 1 aromatic rings. The maximum Gasteiger partial charge on any atom is 0.381 e. The van der Waals surface area contributed by atoms with Gasteiger partial charge in [-0.15, -0.1) is 0 Å². The van der Waals surface area contributed by atoms with Gasteiger partial charge in [-0.05, 0) is 39.5 Å². The number of thiazole rings is 1. The number of hydrogen-bond acceptors (Lipinski definition) is 8. The number of nitriles is 1. The fraction of sp³-hybridized carbons (Fsp3) is 0.714. The Morgan fingerprint density at radius 2 is 1.91 bits per heavy atom. The maximum absolute atomic E-state index is 9.28. The lowest BCUT2D eigenvalue weighted by molar-refractivity contribution is 0.153. The molecule has 6 nitrogen and oxygen atoms in total. The molecule has 1 aliphatic carbocycles. The zero-order valence-electron chi connectivity index (χ0n) is 13.3. The smallest absolute Gasteiger partial charge is 0.381 e. The molecular formula is C14H21N2O4PS2. The highest BCUT2D eigenvalue weighted by atomic mass is 32.5. The van der Waals surface area contributed by atoms with Crippen molar-refractivity contribution < 1.29 is 18.3 Å². The first kappa shape index (κ1) is 18.6. The SMILES string of the molecule is CCOP(=S)(OCC)Oc1nc(OC2CCCCC2)sc1C#N. The van der Waals surface area contributed by atoms with E-state index >= 15 is 0 Å². The summed E-state index contributed by atoms with van der Waals surface area (Å²) in [5.74, 6) is 0.147. The van der Waals surface area contributed by atoms with Crippen molar-refractivity contribution in [3.63, 3.8) is 0 Å². The van der Waals surface area contributed by atoms with Crippen LogP contribution in [0.25, 0.3) is 0 Å². The molecule has 2 rings (SSSR count). The Labute approximate surface area is 146 Å². The minimum Gasteiger partial charge on any atom is -0.467 e. The molecule has 0 saturated heterocycles. The average molecular weight is 376 g/mol. The Balaban J connectivity index is 2.11. The Morgan fingerprint density at radius 3 is 2.48 bits per heavy atom. The zero-order valence-corrected chi connectivity index (χ0v) is 15.8. The van der Waals surface area contributed by atoms with Crippen LogP contribution in [0.5, 0.6) is 11.1 Å². The number of nitrogens with zero attached hydrogens (tertiary/aromatic N) is 2. The van der Waals surface area contributed by atoms with Crippen LogP contribution in [0.3, 0.4) is 0 Å². The molecule has 23 heavy (non-hydrogen) atoms. The summed E-state index contributed by atoms with van der Waals surface area (Å²) >= 11 is 6.49. The molecular weight excluding hydrogens is 355 g/mol. The van der Waals surface area contributed by atoms with Gasteiger partial charge < -0.3 is 9.26 Å². The normalized spacial score (nSPS) is 16.0. The van der Waals surface area contributed by atoms with Crippen LogP contribution in [0.2, 0.25) is 0 Å². The van der Waals surface area contributed by atoms with Gasteiger partial charge in [-0.25, -0.2) is 0 Å². The first-order chi connectivity index (χ1) is 11.1. The van der Waals surface area contributed by atoms with Crippen molar-refractivity contribution in [1.82, 2.24) is 4.98 Å². The fourth-order valence-electron chi connectivity index (χ4n) is 2.31. The van der Waals surface area contributed by atoms with Gasteiger partial charge in [-0.3, -0.25) is 9.05 Å². The van der Waals surface area contributed by atoms with Gasteiger partial charge in [-0.2, -0.15) is 10.2 Å². The highest BCUT2D eigenvalue weighted by Crippen LogP contribution is 2.51. The summed E-state index contributed by atoms with van der Waals surface area (Å²) in [6.07, 6.45) is 5.79. The van der Waals surface area contributed by atoms with Crippen molar-refractivity contribution >= 4 is 29.9 Å². The van der Waals surface area contributed by atoms with Gasteiger partial charge in [0.1, 0.15) is 12.2 Å². The molecule has 1 saturated carbocycles. The topological polar surface area (TPSA) is 73.6 Å². The van der Waals surface area contributed by atoms with Crippen LogP contribution >= 0.6 is 18.1 Å². The van der Waals surface area contributed by atoms with E-state index in [1.807, 2.05) is 13.8 Å². The van der Waals surface area contributed by atoms with E-state index in [4.69, 9.17) is 30.1 Å². The van der Waals surface area contributed by atoms with Crippen molar-refractivity contribution in [2.24, 2.45) is 0 Å². The van der Waals surface area contributed by atoms with E-state index in [9.17, 15) is 5.26 Å². The minimum atomic E-state index is -2.94. The summed E-state index contributed by atoms with van der Waals surface area (Å²) in [5, 5.41) is 9.72. The minimum absolute atomic E-state index is 0.147. The van der Waals surface area contributed by atoms with Crippen molar-refractivity contribution in [2.45, 2.75) is 52.1 Å². The summed E-state index contributed by atoms with van der Waals surface area (Å²) in [6, 6.07) is 2.07. The van der Waals surface area contributed by atoms with Crippen molar-refractivity contribution in [1.29, 1.82) is 5.26 Å². The van der Waals surface area contributed by atoms with Crippen LogP contribution < -0.4 is 9.26 Å². The number of aromatic nitrogens is 1. The van der Waals surface area contributed by atoms with Gasteiger partial charge in [0.15, 0.2) is 4.88 Å². The first-order valence-corrected chi connectivity index (χ1v) is 11.1. The van der Waals surface area contributed by atoms with Gasteiger partial charge >= 0.3 is 6.72 Å². The fourth-order valence-corrected chi connectivity index (χ4v) is 5.08. The zero-order chi connectivity index (χ0) is 16.7. The lowest BCUT2D eigenvalue weighted by atomic mass is 9.98. The van der Waals surface area contributed by atoms with E-state index in [1.54, 1.807) is 0 Å². The van der Waals surface area contributed by atoms with Crippen molar-refractivity contribution in [3.8, 4) is 17.1 Å². The van der Waals surface area contributed by atoms with Crippen LogP contribution in [0, 0.1) is 11.3 Å². The second-order valence-electron chi connectivity index (χ2n) is 4.98. The standard InChI is InChI=1S/C14H21N2O4PS2/c1-3-17-21(22,18-4-2)20-13-12(10-15)23-14(16-13)19-11-8-6-5-7-9-11/h11H,3-9H2,1-2H3. The molecule has 1 fully saturated rings. The monoisotopic (exact) mass is 376 g/mol. The molecule has 0 unspecified atom stereocenters. The molecule has 128 valence electrons. The largest absolute Gasteiger partial charge is 0.467 e. The number of hydrogen-bond donors (Lipinski definition) is 0. The van der Waals surface area contributed by atoms with Crippen LogP contribution in [0.15, 0.2) is 0 Å². The highest BCUT2D eigenvalue weighted by Gasteiger charge is 2.27. The van der Waals surface area contributed by atoms with Gasteiger partial charge in [0.25, 0.3) is 11.1 Å². The van der Waals surface area contributed by atoms with E-state index < -0.39 is 6.72 Å². The van der Waals surface area contributed by atoms with Crippen LogP contribution in [0.4, 0.5) is 0 Å². The molecule has 0 atom stereocenters. The third-order valence-electron chi connectivity index (χ3n) is 3.27. The van der Waals surface area contributed by atoms with E-state index in [0.29, 0.717) is 23.3 Å². The van der Waals surface area contributed by atoms with Crippen LogP contribution in [-0.4, -0.2) is 24.3 Å². The Bertz CT molecular complexity index is 586. The maximum atomic E-state index is 9.28. The quantitative estimate of drug-likeness (QED) is 0.622. The summed E-state index contributed by atoms with van der Waals surface area (Å²) in [7, 11) is 0. The second kappa shape index (κ2) is 8.95. The lowest BCUT2D eigenvalue weighted by Gasteiger charge is -2.21. The number of rotatable bonds is 8. The van der Waals surface area contributed by atoms with Gasteiger partial charge in [0.2, 0.25) is 0 Å². The van der Waals surface area contributed by atoms with Crippen LogP contribution in [-0.2, 0) is 20.9 Å². The summed E-state index contributed by atoms with van der Waals surface area (Å²) < 4.78 is 22.4. The van der Waals surface area contributed by atoms with Gasteiger partial charge in [0, 0.05) is 11.8 Å². The summed E-state index contributed by atoms with van der Waals surface area (Å²) in [6.45, 7) is 1.43. The first-order valence-electron chi connectivity index (χ1n) is 7.76. The summed E-state index contributed by atoms with van der Waals surface area (Å²) in [5.41, 5.74) is 0. The second-order valence-corrected chi connectivity index (χ2v) is 8.87. The Morgan fingerprint density at radius 1 is 1.26 bits per heavy atom. The van der Waals surface area contributed by atoms with Gasteiger partial charge in [-0.1, -0.05) is 17.8 Å². The molecule has 9 heteroatoms. The Kier molecular flexibility index (Phi) is 7.25. The molecule has 0 radical (unpaired) electrons. The molecule has 0 aliphatic heterocycles. The third kappa shape index (κ3) is 5.40. The van der Waals surface area contributed by atoms with E-state index in [-0.39, 0.29) is 12.0 Å². The predicted octanol–water partition coefficient (Wildman–Crippen LogP) is 4.40. The van der Waals surface area contributed by atoms with Crippen molar-refractivity contribution in [2.75, 3.05) is 13.2 Å². The lowest BCUT2D eigenvalue weighted by Crippen LogP contribution is -2.19. The third-order valence-corrected chi connectivity index (χ3v) is 6.50. The molecule has 1 heterocycles.